The molecule has 1 fully saturated rings. The first kappa shape index (κ1) is 15.0. The van der Waals surface area contributed by atoms with Crippen LogP contribution in [0.15, 0.2) is 0 Å². The van der Waals surface area contributed by atoms with E-state index in [4.69, 9.17) is 10.4 Å². The zero-order valence-corrected chi connectivity index (χ0v) is 10.8. The van der Waals surface area contributed by atoms with Crippen molar-refractivity contribution in [1.29, 1.82) is 5.26 Å². The minimum Gasteiger partial charge on any atom is -0.481 e. The molecule has 0 bridgehead atoms. The lowest BCUT2D eigenvalue weighted by molar-refractivity contribution is -0.139. The first-order chi connectivity index (χ1) is 8.95. The van der Waals surface area contributed by atoms with Gasteiger partial charge < -0.3 is 15.3 Å². The number of carbonyl (C=O) groups is 3. The molecule has 1 aliphatic rings. The molecule has 1 rings (SSSR count). The predicted octanol–water partition coefficient (Wildman–Crippen LogP) is -0.130. The van der Waals surface area contributed by atoms with E-state index >= 15 is 0 Å². The average molecular weight is 267 g/mol. The third-order valence-corrected chi connectivity index (χ3v) is 3.00. The highest BCUT2D eigenvalue weighted by atomic mass is 16.4. The van der Waals surface area contributed by atoms with Crippen LogP contribution in [0.5, 0.6) is 0 Å². The van der Waals surface area contributed by atoms with Crippen molar-refractivity contribution >= 4 is 17.8 Å². The van der Waals surface area contributed by atoms with Gasteiger partial charge in [0, 0.05) is 13.0 Å². The maximum Gasteiger partial charge on any atom is 0.303 e. The fourth-order valence-electron chi connectivity index (χ4n) is 2.01. The molecule has 2 amide bonds. The Morgan fingerprint density at radius 1 is 1.47 bits per heavy atom. The molecule has 7 nitrogen and oxygen atoms in total. The van der Waals surface area contributed by atoms with Gasteiger partial charge in [-0.05, 0) is 19.8 Å². The standard InChI is InChI=1S/C12H17N3O4/c1-8(14-10(16)4-5-11(17)18)12(19)15-6-2-3-9(15)7-13/h8-9H,2-6H2,1H3,(H,14,16)(H,17,18)/t8-,9?/m0/s1. The zero-order chi connectivity index (χ0) is 14.4. The van der Waals surface area contributed by atoms with Crippen LogP contribution in [-0.2, 0) is 14.4 Å². The summed E-state index contributed by atoms with van der Waals surface area (Å²) in [5.41, 5.74) is 0. The molecule has 0 aromatic carbocycles. The number of amides is 2. The van der Waals surface area contributed by atoms with Gasteiger partial charge in [-0.15, -0.1) is 0 Å². The fraction of sp³-hybridized carbons (Fsp3) is 0.667. The molecular formula is C12H17N3O4. The first-order valence-corrected chi connectivity index (χ1v) is 6.17. The van der Waals surface area contributed by atoms with E-state index in [1.165, 1.54) is 11.8 Å². The van der Waals surface area contributed by atoms with E-state index < -0.39 is 24.0 Å². The van der Waals surface area contributed by atoms with Crippen molar-refractivity contribution in [1.82, 2.24) is 10.2 Å². The Labute approximate surface area is 111 Å². The molecule has 0 saturated carbocycles. The van der Waals surface area contributed by atoms with Crippen LogP contribution in [0.3, 0.4) is 0 Å². The summed E-state index contributed by atoms with van der Waals surface area (Å²) in [5.74, 6) is -1.83. The summed E-state index contributed by atoms with van der Waals surface area (Å²) in [7, 11) is 0. The molecular weight excluding hydrogens is 250 g/mol. The Morgan fingerprint density at radius 2 is 2.16 bits per heavy atom. The molecule has 1 saturated heterocycles. The van der Waals surface area contributed by atoms with Gasteiger partial charge in [0.05, 0.1) is 12.5 Å². The number of hydrogen-bond donors (Lipinski definition) is 2. The number of nitrogens with zero attached hydrogens (tertiary/aromatic N) is 2. The largest absolute Gasteiger partial charge is 0.481 e. The van der Waals surface area contributed by atoms with E-state index in [1.807, 2.05) is 0 Å². The molecule has 19 heavy (non-hydrogen) atoms. The number of carbonyl (C=O) groups excluding carboxylic acids is 2. The van der Waals surface area contributed by atoms with Gasteiger partial charge in [0.25, 0.3) is 0 Å². The highest BCUT2D eigenvalue weighted by Gasteiger charge is 2.31. The van der Waals surface area contributed by atoms with E-state index in [0.29, 0.717) is 13.0 Å². The normalized spacial score (nSPS) is 19.6. The summed E-state index contributed by atoms with van der Waals surface area (Å²) in [6.07, 6.45) is 1.01. The maximum atomic E-state index is 12.0. The van der Waals surface area contributed by atoms with Crippen LogP contribution in [0.25, 0.3) is 0 Å². The molecule has 0 aliphatic carbocycles. The van der Waals surface area contributed by atoms with Gasteiger partial charge in [0.1, 0.15) is 12.1 Å². The smallest absolute Gasteiger partial charge is 0.303 e. The molecule has 1 unspecified atom stereocenters. The molecule has 0 aromatic rings. The number of carboxylic acid groups (broad SMARTS) is 1. The van der Waals surface area contributed by atoms with Crippen LogP contribution in [0, 0.1) is 11.3 Å². The van der Waals surface area contributed by atoms with Crippen molar-refractivity contribution in [2.45, 2.75) is 44.7 Å². The summed E-state index contributed by atoms with van der Waals surface area (Å²) >= 11 is 0. The van der Waals surface area contributed by atoms with Crippen molar-refractivity contribution in [3.63, 3.8) is 0 Å². The monoisotopic (exact) mass is 267 g/mol. The predicted molar refractivity (Wildman–Crippen MR) is 64.8 cm³/mol. The van der Waals surface area contributed by atoms with E-state index in [0.717, 1.165) is 6.42 Å². The molecule has 0 spiro atoms. The quantitative estimate of drug-likeness (QED) is 0.721. The maximum absolute atomic E-state index is 12.0. The second-order valence-electron chi connectivity index (χ2n) is 4.50. The molecule has 1 aliphatic heterocycles. The summed E-state index contributed by atoms with van der Waals surface area (Å²) in [6, 6.07) is 0.892. The zero-order valence-electron chi connectivity index (χ0n) is 10.8. The summed E-state index contributed by atoms with van der Waals surface area (Å²) in [6.45, 7) is 2.06. The number of nitriles is 1. The molecule has 104 valence electrons. The number of hydrogen-bond acceptors (Lipinski definition) is 4. The van der Waals surface area contributed by atoms with Crippen LogP contribution >= 0.6 is 0 Å². The number of aliphatic carboxylic acids is 1. The fourth-order valence-corrected chi connectivity index (χ4v) is 2.01. The Morgan fingerprint density at radius 3 is 2.74 bits per heavy atom. The second kappa shape index (κ2) is 6.73. The average Bonchev–Trinajstić information content (AvgIpc) is 2.83. The molecule has 2 atom stereocenters. The molecule has 1 heterocycles. The van der Waals surface area contributed by atoms with E-state index in [-0.39, 0.29) is 18.7 Å². The molecule has 0 radical (unpaired) electrons. The number of likely N-dealkylation sites (tertiary alicyclic amines) is 1. The van der Waals surface area contributed by atoms with E-state index in [1.54, 1.807) is 0 Å². The summed E-state index contributed by atoms with van der Waals surface area (Å²) in [4.78, 5) is 35.2. The molecule has 7 heteroatoms. The van der Waals surface area contributed by atoms with Gasteiger partial charge in [-0.2, -0.15) is 5.26 Å². The number of nitrogens with one attached hydrogen (secondary N) is 1. The Balaban J connectivity index is 2.46. The Bertz CT molecular complexity index is 416. The van der Waals surface area contributed by atoms with Crippen LogP contribution in [0.2, 0.25) is 0 Å². The molecule has 0 aromatic heterocycles. The Hall–Kier alpha value is -2.10. The van der Waals surface area contributed by atoms with Crippen LogP contribution in [0.4, 0.5) is 0 Å². The van der Waals surface area contributed by atoms with Gasteiger partial charge in [-0.25, -0.2) is 0 Å². The lowest BCUT2D eigenvalue weighted by atomic mass is 10.2. The van der Waals surface area contributed by atoms with Gasteiger partial charge in [-0.3, -0.25) is 14.4 Å². The highest BCUT2D eigenvalue weighted by molar-refractivity contribution is 5.88. The van der Waals surface area contributed by atoms with Crippen LogP contribution < -0.4 is 5.32 Å². The SMILES string of the molecule is C[C@H](NC(=O)CCC(=O)O)C(=O)N1CCCC1C#N. The topological polar surface area (TPSA) is 110 Å². The molecule has 2 N–H and O–H groups in total. The first-order valence-electron chi connectivity index (χ1n) is 6.17. The lowest BCUT2D eigenvalue weighted by Gasteiger charge is -2.23. The van der Waals surface area contributed by atoms with E-state index in [2.05, 4.69) is 11.4 Å². The minimum atomic E-state index is -1.06. The third-order valence-electron chi connectivity index (χ3n) is 3.00. The van der Waals surface area contributed by atoms with Gasteiger partial charge in [-0.1, -0.05) is 0 Å². The van der Waals surface area contributed by atoms with Crippen LogP contribution in [0.1, 0.15) is 32.6 Å². The number of carboxylic acids is 1. The summed E-state index contributed by atoms with van der Waals surface area (Å²) in [5, 5.41) is 19.8. The highest BCUT2D eigenvalue weighted by Crippen LogP contribution is 2.17. The Kier molecular flexibility index (Phi) is 5.30. The second-order valence-corrected chi connectivity index (χ2v) is 4.50. The van der Waals surface area contributed by atoms with E-state index in [9.17, 15) is 14.4 Å². The lowest BCUT2D eigenvalue weighted by Crippen LogP contribution is -2.48. The summed E-state index contributed by atoms with van der Waals surface area (Å²) < 4.78 is 0. The van der Waals surface area contributed by atoms with Crippen molar-refractivity contribution in [2.24, 2.45) is 0 Å². The van der Waals surface area contributed by atoms with Gasteiger partial charge in [0.15, 0.2) is 0 Å². The van der Waals surface area contributed by atoms with Crippen molar-refractivity contribution in [2.75, 3.05) is 6.54 Å². The van der Waals surface area contributed by atoms with Crippen molar-refractivity contribution < 1.29 is 19.5 Å². The van der Waals surface area contributed by atoms with Crippen molar-refractivity contribution in [3.05, 3.63) is 0 Å². The van der Waals surface area contributed by atoms with Crippen LogP contribution in [-0.4, -0.2) is 46.4 Å². The van der Waals surface area contributed by atoms with Gasteiger partial charge in [0.2, 0.25) is 11.8 Å². The minimum absolute atomic E-state index is 0.158. The third kappa shape index (κ3) is 4.25. The van der Waals surface area contributed by atoms with Crippen molar-refractivity contribution in [3.8, 4) is 6.07 Å². The van der Waals surface area contributed by atoms with Gasteiger partial charge >= 0.3 is 5.97 Å². The number of rotatable bonds is 5.